The Kier molecular flexibility index (Phi) is 7.26. The van der Waals surface area contributed by atoms with Gasteiger partial charge in [0.15, 0.2) is 0 Å². The van der Waals surface area contributed by atoms with E-state index in [1.807, 2.05) is 6.92 Å². The molecule has 2 N–H and O–H groups in total. The van der Waals surface area contributed by atoms with Crippen molar-refractivity contribution >= 4 is 5.91 Å². The van der Waals surface area contributed by atoms with Crippen LogP contribution in [0.4, 0.5) is 0 Å². The molecule has 0 aliphatic rings. The second-order valence-electron chi connectivity index (χ2n) is 5.04. The van der Waals surface area contributed by atoms with Gasteiger partial charge in [-0.2, -0.15) is 0 Å². The van der Waals surface area contributed by atoms with Crippen molar-refractivity contribution in [3.63, 3.8) is 0 Å². The Labute approximate surface area is 121 Å². The molecule has 4 heteroatoms. The molecule has 0 saturated carbocycles. The lowest BCUT2D eigenvalue weighted by Crippen LogP contribution is -2.44. The number of amides is 1. The highest BCUT2D eigenvalue weighted by molar-refractivity contribution is 5.81. The first-order valence-electron chi connectivity index (χ1n) is 7.17. The lowest BCUT2D eigenvalue weighted by atomic mass is 10.0. The Morgan fingerprint density at radius 1 is 1.30 bits per heavy atom. The largest absolute Gasteiger partial charge is 0.383 e. The summed E-state index contributed by atoms with van der Waals surface area (Å²) in [4.78, 5) is 11.9. The molecule has 0 aliphatic heterocycles. The van der Waals surface area contributed by atoms with Crippen LogP contribution in [0.3, 0.4) is 0 Å². The summed E-state index contributed by atoms with van der Waals surface area (Å²) >= 11 is 0. The second kappa shape index (κ2) is 8.72. The second-order valence-corrected chi connectivity index (χ2v) is 5.04. The van der Waals surface area contributed by atoms with Crippen molar-refractivity contribution in [2.75, 3.05) is 20.3 Å². The molecule has 0 saturated heterocycles. The van der Waals surface area contributed by atoms with Crippen LogP contribution in [0.15, 0.2) is 24.3 Å². The molecule has 1 amide bonds. The zero-order chi connectivity index (χ0) is 15.0. The minimum absolute atomic E-state index is 0.00705. The molecule has 1 rings (SSSR count). The summed E-state index contributed by atoms with van der Waals surface area (Å²) in [7, 11) is 1.62. The predicted octanol–water partition coefficient (Wildman–Crippen LogP) is 2.19. The molecule has 0 heterocycles. The van der Waals surface area contributed by atoms with Crippen LogP contribution in [0, 0.1) is 6.92 Å². The maximum Gasteiger partial charge on any atom is 0.236 e. The Balaban J connectivity index is 2.54. The van der Waals surface area contributed by atoms with Gasteiger partial charge in [-0.1, -0.05) is 36.8 Å². The number of nitrogens with one attached hydrogen (secondary N) is 2. The van der Waals surface area contributed by atoms with E-state index >= 15 is 0 Å². The van der Waals surface area contributed by atoms with Gasteiger partial charge < -0.3 is 10.1 Å². The van der Waals surface area contributed by atoms with Gasteiger partial charge in [-0.25, -0.2) is 0 Å². The molecule has 2 unspecified atom stereocenters. The van der Waals surface area contributed by atoms with E-state index in [0.29, 0.717) is 13.2 Å². The topological polar surface area (TPSA) is 50.4 Å². The molecule has 20 heavy (non-hydrogen) atoms. The molecule has 4 nitrogen and oxygen atoms in total. The molecule has 112 valence electrons. The molecule has 2 atom stereocenters. The van der Waals surface area contributed by atoms with E-state index in [0.717, 1.165) is 6.42 Å². The highest BCUT2D eigenvalue weighted by Gasteiger charge is 2.17. The molecule has 1 aromatic carbocycles. The Bertz CT molecular complexity index is 403. The highest BCUT2D eigenvalue weighted by Crippen LogP contribution is 2.17. The predicted molar refractivity (Wildman–Crippen MR) is 81.7 cm³/mol. The van der Waals surface area contributed by atoms with Crippen molar-refractivity contribution in [2.24, 2.45) is 0 Å². The van der Waals surface area contributed by atoms with E-state index in [2.05, 4.69) is 48.7 Å². The maximum atomic E-state index is 11.9. The average molecular weight is 278 g/mol. The molecule has 0 fully saturated rings. The third-order valence-corrected chi connectivity index (χ3v) is 3.34. The van der Waals surface area contributed by atoms with E-state index in [-0.39, 0.29) is 18.0 Å². The number of hydrogen-bond donors (Lipinski definition) is 2. The van der Waals surface area contributed by atoms with Gasteiger partial charge in [0.05, 0.1) is 12.6 Å². The first kappa shape index (κ1) is 16.7. The van der Waals surface area contributed by atoms with Crippen LogP contribution in [0.1, 0.15) is 37.4 Å². The number of rotatable bonds is 8. The number of benzene rings is 1. The van der Waals surface area contributed by atoms with E-state index < -0.39 is 0 Å². The Hall–Kier alpha value is -1.39. The third kappa shape index (κ3) is 5.31. The van der Waals surface area contributed by atoms with Crippen molar-refractivity contribution in [3.05, 3.63) is 35.4 Å². The van der Waals surface area contributed by atoms with Crippen LogP contribution in [-0.4, -0.2) is 32.2 Å². The van der Waals surface area contributed by atoms with E-state index in [9.17, 15) is 4.79 Å². The van der Waals surface area contributed by atoms with Crippen molar-refractivity contribution in [1.82, 2.24) is 10.6 Å². The zero-order valence-corrected chi connectivity index (χ0v) is 12.9. The smallest absolute Gasteiger partial charge is 0.236 e. The lowest BCUT2D eigenvalue weighted by molar-refractivity contribution is -0.123. The fraction of sp³-hybridized carbons (Fsp3) is 0.562. The first-order chi connectivity index (χ1) is 9.58. The quantitative estimate of drug-likeness (QED) is 0.717. The van der Waals surface area contributed by atoms with Gasteiger partial charge >= 0.3 is 0 Å². The normalized spacial score (nSPS) is 13.8. The Morgan fingerprint density at radius 2 is 1.95 bits per heavy atom. The van der Waals surface area contributed by atoms with Gasteiger partial charge in [0, 0.05) is 19.7 Å². The van der Waals surface area contributed by atoms with Crippen LogP contribution in [-0.2, 0) is 9.53 Å². The van der Waals surface area contributed by atoms with Crippen LogP contribution in [0.25, 0.3) is 0 Å². The van der Waals surface area contributed by atoms with Crippen LogP contribution in [0.2, 0.25) is 0 Å². The SMILES string of the molecule is CCC(NC(C)C(=O)NCCOC)c1ccc(C)cc1. The minimum atomic E-state index is -0.224. The number of carbonyl (C=O) groups excluding carboxylic acids is 1. The summed E-state index contributed by atoms with van der Waals surface area (Å²) in [6.45, 7) is 7.16. The number of hydrogen-bond acceptors (Lipinski definition) is 3. The number of carbonyl (C=O) groups is 1. The summed E-state index contributed by atoms with van der Waals surface area (Å²) in [5.74, 6) is 0.00705. The fourth-order valence-electron chi connectivity index (χ4n) is 2.06. The Morgan fingerprint density at radius 3 is 2.50 bits per heavy atom. The van der Waals surface area contributed by atoms with Crippen molar-refractivity contribution in [3.8, 4) is 0 Å². The van der Waals surface area contributed by atoms with Gasteiger partial charge in [-0.3, -0.25) is 10.1 Å². The molecule has 0 aliphatic carbocycles. The maximum absolute atomic E-state index is 11.9. The minimum Gasteiger partial charge on any atom is -0.383 e. The fourth-order valence-corrected chi connectivity index (χ4v) is 2.06. The highest BCUT2D eigenvalue weighted by atomic mass is 16.5. The molecule has 0 aromatic heterocycles. The van der Waals surface area contributed by atoms with Crippen molar-refractivity contribution < 1.29 is 9.53 Å². The summed E-state index contributed by atoms with van der Waals surface area (Å²) < 4.78 is 4.92. The van der Waals surface area contributed by atoms with Crippen LogP contribution < -0.4 is 10.6 Å². The molecule has 0 spiro atoms. The third-order valence-electron chi connectivity index (χ3n) is 3.34. The van der Waals surface area contributed by atoms with Gasteiger partial charge in [-0.15, -0.1) is 0 Å². The van der Waals surface area contributed by atoms with Crippen molar-refractivity contribution in [1.29, 1.82) is 0 Å². The van der Waals surface area contributed by atoms with Gasteiger partial charge in [0.25, 0.3) is 0 Å². The van der Waals surface area contributed by atoms with Gasteiger partial charge in [0.2, 0.25) is 5.91 Å². The molecule has 0 radical (unpaired) electrons. The molecule has 1 aromatic rings. The standard InChI is InChI=1S/C16H26N2O2/c1-5-15(14-8-6-12(2)7-9-14)18-13(3)16(19)17-10-11-20-4/h6-9,13,15,18H,5,10-11H2,1-4H3,(H,17,19). The summed E-state index contributed by atoms with van der Waals surface area (Å²) in [5, 5.41) is 6.22. The van der Waals surface area contributed by atoms with E-state index in [1.54, 1.807) is 7.11 Å². The van der Waals surface area contributed by atoms with Crippen LogP contribution >= 0.6 is 0 Å². The summed E-state index contributed by atoms with van der Waals surface area (Å²) in [6, 6.07) is 8.40. The summed E-state index contributed by atoms with van der Waals surface area (Å²) in [6.07, 6.45) is 0.943. The first-order valence-corrected chi connectivity index (χ1v) is 7.17. The molecular formula is C16H26N2O2. The number of ether oxygens (including phenoxy) is 1. The number of aryl methyl sites for hydroxylation is 1. The van der Waals surface area contributed by atoms with E-state index in [4.69, 9.17) is 4.74 Å². The van der Waals surface area contributed by atoms with Crippen molar-refractivity contribution in [2.45, 2.75) is 39.3 Å². The number of methoxy groups -OCH3 is 1. The van der Waals surface area contributed by atoms with Gasteiger partial charge in [0.1, 0.15) is 0 Å². The monoisotopic (exact) mass is 278 g/mol. The van der Waals surface area contributed by atoms with E-state index in [1.165, 1.54) is 11.1 Å². The molecule has 0 bridgehead atoms. The zero-order valence-electron chi connectivity index (χ0n) is 12.9. The van der Waals surface area contributed by atoms with Gasteiger partial charge in [-0.05, 0) is 25.8 Å². The summed E-state index contributed by atoms with van der Waals surface area (Å²) in [5.41, 5.74) is 2.46. The van der Waals surface area contributed by atoms with Crippen LogP contribution in [0.5, 0.6) is 0 Å². The molecular weight excluding hydrogens is 252 g/mol. The average Bonchev–Trinajstić information content (AvgIpc) is 2.45. The lowest BCUT2D eigenvalue weighted by Gasteiger charge is -2.22.